The minimum atomic E-state index is 0. The van der Waals surface area contributed by atoms with Crippen LogP contribution in [0.3, 0.4) is 0 Å². The number of hydrogen-bond acceptors (Lipinski definition) is 2. The Labute approximate surface area is 140 Å². The quantitative estimate of drug-likeness (QED) is 0.337. The molecule has 1 saturated carbocycles. The van der Waals surface area contributed by atoms with Crippen LogP contribution in [0.2, 0.25) is 0 Å². The van der Waals surface area contributed by atoms with E-state index in [1.54, 1.807) is 0 Å². The summed E-state index contributed by atoms with van der Waals surface area (Å²) < 4.78 is 5.82. The minimum Gasteiger partial charge on any atom is -0.378 e. The van der Waals surface area contributed by atoms with E-state index in [-0.39, 0.29) is 24.0 Å². The predicted molar refractivity (Wildman–Crippen MR) is 94.7 cm³/mol. The van der Waals surface area contributed by atoms with Gasteiger partial charge in [0.25, 0.3) is 0 Å². The molecule has 5 heteroatoms. The van der Waals surface area contributed by atoms with Crippen LogP contribution >= 0.6 is 24.0 Å². The van der Waals surface area contributed by atoms with Crippen LogP contribution in [0.1, 0.15) is 51.9 Å². The lowest BCUT2D eigenvalue weighted by molar-refractivity contribution is 0.0579. The van der Waals surface area contributed by atoms with Gasteiger partial charge in [-0.2, -0.15) is 0 Å². The first kappa shape index (κ1) is 18.0. The van der Waals surface area contributed by atoms with Crippen LogP contribution < -0.4 is 5.73 Å². The number of rotatable bonds is 5. The number of hydrogen-bond donors (Lipinski definition) is 1. The van der Waals surface area contributed by atoms with E-state index in [9.17, 15) is 0 Å². The third-order valence-corrected chi connectivity index (χ3v) is 4.21. The van der Waals surface area contributed by atoms with E-state index in [2.05, 4.69) is 16.8 Å². The van der Waals surface area contributed by atoms with Gasteiger partial charge in [0.05, 0.1) is 6.10 Å². The first-order valence-electron chi connectivity index (χ1n) is 7.92. The Kier molecular flexibility index (Phi) is 8.84. The van der Waals surface area contributed by atoms with Crippen LogP contribution in [0.15, 0.2) is 4.99 Å². The third kappa shape index (κ3) is 6.16. The lowest BCUT2D eigenvalue weighted by atomic mass is 10.0. The minimum absolute atomic E-state index is 0. The molecule has 0 radical (unpaired) electrons. The maximum Gasteiger partial charge on any atom is 0.191 e. The second kappa shape index (κ2) is 9.82. The maximum atomic E-state index is 6.05. The monoisotopic (exact) mass is 395 g/mol. The fourth-order valence-corrected chi connectivity index (χ4v) is 3.06. The zero-order valence-corrected chi connectivity index (χ0v) is 15.1. The van der Waals surface area contributed by atoms with Gasteiger partial charge in [0.15, 0.2) is 5.96 Å². The summed E-state index contributed by atoms with van der Waals surface area (Å²) in [5.74, 6) is 1.47. The summed E-state index contributed by atoms with van der Waals surface area (Å²) in [6.07, 6.45) is 9.23. The molecular formula is C15H30IN3O. The first-order chi connectivity index (χ1) is 9.25. The number of nitrogens with zero attached hydrogens (tertiary/aromatic N) is 2. The molecule has 2 N–H and O–H groups in total. The fourth-order valence-electron chi connectivity index (χ4n) is 3.06. The molecule has 1 aliphatic carbocycles. The van der Waals surface area contributed by atoms with Crippen LogP contribution in [-0.2, 0) is 4.74 Å². The number of ether oxygens (including phenoxy) is 1. The SMILES string of the molecule is CC1CCCN(C(N)=NCCCOC2CCCC2)C1.I. The molecule has 118 valence electrons. The van der Waals surface area contributed by atoms with E-state index in [4.69, 9.17) is 10.5 Å². The van der Waals surface area contributed by atoms with Gasteiger partial charge in [-0.25, -0.2) is 0 Å². The van der Waals surface area contributed by atoms with Crippen molar-refractivity contribution in [2.24, 2.45) is 16.6 Å². The van der Waals surface area contributed by atoms with Gasteiger partial charge in [-0.05, 0) is 38.0 Å². The molecule has 1 atom stereocenters. The van der Waals surface area contributed by atoms with Crippen molar-refractivity contribution in [1.29, 1.82) is 0 Å². The molecule has 2 rings (SSSR count). The maximum absolute atomic E-state index is 6.05. The van der Waals surface area contributed by atoms with Gasteiger partial charge >= 0.3 is 0 Å². The van der Waals surface area contributed by atoms with Crippen LogP contribution in [0.25, 0.3) is 0 Å². The lowest BCUT2D eigenvalue weighted by Gasteiger charge is -2.31. The van der Waals surface area contributed by atoms with E-state index < -0.39 is 0 Å². The van der Waals surface area contributed by atoms with Gasteiger partial charge in [0.1, 0.15) is 0 Å². The van der Waals surface area contributed by atoms with E-state index >= 15 is 0 Å². The molecule has 1 heterocycles. The average Bonchev–Trinajstić information content (AvgIpc) is 2.91. The standard InChI is InChI=1S/C15H29N3O.HI/c1-13-6-4-10-18(12-13)15(16)17-9-5-11-19-14-7-2-3-8-14;/h13-14H,2-12H2,1H3,(H2,16,17);1H. The van der Waals surface area contributed by atoms with E-state index in [0.29, 0.717) is 6.10 Å². The summed E-state index contributed by atoms with van der Waals surface area (Å²) in [7, 11) is 0. The highest BCUT2D eigenvalue weighted by molar-refractivity contribution is 14.0. The van der Waals surface area contributed by atoms with Crippen molar-refractivity contribution in [2.45, 2.75) is 58.0 Å². The molecule has 1 unspecified atom stereocenters. The Morgan fingerprint density at radius 1 is 1.25 bits per heavy atom. The Morgan fingerprint density at radius 2 is 2.00 bits per heavy atom. The summed E-state index contributed by atoms with van der Waals surface area (Å²) in [5, 5.41) is 0. The highest BCUT2D eigenvalue weighted by atomic mass is 127. The van der Waals surface area contributed by atoms with E-state index in [1.165, 1.54) is 38.5 Å². The molecule has 2 fully saturated rings. The zero-order chi connectivity index (χ0) is 13.5. The average molecular weight is 395 g/mol. The summed E-state index contributed by atoms with van der Waals surface area (Å²) in [4.78, 5) is 6.71. The largest absolute Gasteiger partial charge is 0.378 e. The topological polar surface area (TPSA) is 50.8 Å². The predicted octanol–water partition coefficient (Wildman–Crippen LogP) is 3.00. The van der Waals surface area contributed by atoms with Crippen molar-refractivity contribution in [1.82, 2.24) is 4.90 Å². The number of piperidine rings is 1. The van der Waals surface area contributed by atoms with Crippen LogP contribution in [0, 0.1) is 5.92 Å². The lowest BCUT2D eigenvalue weighted by Crippen LogP contribution is -2.43. The summed E-state index contributed by atoms with van der Waals surface area (Å²) in [6.45, 7) is 6.04. The van der Waals surface area contributed by atoms with Gasteiger partial charge in [0, 0.05) is 26.2 Å². The molecule has 20 heavy (non-hydrogen) atoms. The smallest absolute Gasteiger partial charge is 0.191 e. The van der Waals surface area contributed by atoms with Crippen molar-refractivity contribution in [3.63, 3.8) is 0 Å². The highest BCUT2D eigenvalue weighted by Gasteiger charge is 2.17. The second-order valence-electron chi connectivity index (χ2n) is 6.06. The first-order valence-corrected chi connectivity index (χ1v) is 7.92. The molecule has 2 aliphatic rings. The van der Waals surface area contributed by atoms with Crippen molar-refractivity contribution >= 4 is 29.9 Å². The van der Waals surface area contributed by atoms with Crippen LogP contribution in [0.5, 0.6) is 0 Å². The second-order valence-corrected chi connectivity index (χ2v) is 6.06. The fraction of sp³-hybridized carbons (Fsp3) is 0.933. The van der Waals surface area contributed by atoms with Crippen molar-refractivity contribution < 1.29 is 4.74 Å². The molecule has 0 amide bonds. The molecule has 1 aliphatic heterocycles. The highest BCUT2D eigenvalue weighted by Crippen LogP contribution is 2.20. The van der Waals surface area contributed by atoms with Gasteiger partial charge in [0.2, 0.25) is 0 Å². The number of likely N-dealkylation sites (tertiary alicyclic amines) is 1. The molecule has 0 spiro atoms. The van der Waals surface area contributed by atoms with Crippen molar-refractivity contribution in [3.8, 4) is 0 Å². The van der Waals surface area contributed by atoms with Crippen LogP contribution in [0.4, 0.5) is 0 Å². The summed E-state index contributed by atoms with van der Waals surface area (Å²) >= 11 is 0. The molecule has 0 bridgehead atoms. The summed E-state index contributed by atoms with van der Waals surface area (Å²) in [5.41, 5.74) is 6.05. The normalized spacial score (nSPS) is 24.8. The van der Waals surface area contributed by atoms with Gasteiger partial charge in [-0.3, -0.25) is 4.99 Å². The number of halogens is 1. The Bertz CT molecular complexity index is 293. The van der Waals surface area contributed by atoms with Crippen molar-refractivity contribution in [2.75, 3.05) is 26.2 Å². The Hall–Kier alpha value is -0.0400. The molecule has 0 aromatic rings. The number of guanidine groups is 1. The molecule has 0 aromatic carbocycles. The molecule has 0 aromatic heterocycles. The molecular weight excluding hydrogens is 365 g/mol. The van der Waals surface area contributed by atoms with Crippen molar-refractivity contribution in [3.05, 3.63) is 0 Å². The number of nitrogens with two attached hydrogens (primary N) is 1. The van der Waals surface area contributed by atoms with Crippen LogP contribution in [-0.4, -0.2) is 43.2 Å². The van der Waals surface area contributed by atoms with Gasteiger partial charge in [-0.15, -0.1) is 24.0 Å². The van der Waals surface area contributed by atoms with Gasteiger partial charge in [-0.1, -0.05) is 19.8 Å². The molecule has 1 saturated heterocycles. The molecule has 4 nitrogen and oxygen atoms in total. The third-order valence-electron chi connectivity index (χ3n) is 4.21. The van der Waals surface area contributed by atoms with Gasteiger partial charge < -0.3 is 15.4 Å². The summed E-state index contributed by atoms with van der Waals surface area (Å²) in [6, 6.07) is 0. The Balaban J connectivity index is 0.00000200. The van der Waals surface area contributed by atoms with E-state index in [0.717, 1.165) is 44.5 Å². The number of aliphatic imine (C=N–C) groups is 1. The zero-order valence-electron chi connectivity index (χ0n) is 12.7. The Morgan fingerprint density at radius 3 is 2.70 bits per heavy atom. The van der Waals surface area contributed by atoms with E-state index in [1.807, 2.05) is 0 Å².